The zero-order valence-electron chi connectivity index (χ0n) is 16.5. The minimum absolute atomic E-state index is 0. The summed E-state index contributed by atoms with van der Waals surface area (Å²) in [5, 5.41) is 6.37. The Morgan fingerprint density at radius 2 is 1.93 bits per heavy atom. The SMILES string of the molecule is CCNC(=NCC1(c2cccc(Br)c2)CC1)NCCS(=O)(=O)C(C)(C)C.I. The molecular formula is C19H31BrIN3O2S. The van der Waals surface area contributed by atoms with Crippen molar-refractivity contribution in [2.24, 2.45) is 4.99 Å². The second kappa shape index (κ2) is 9.91. The summed E-state index contributed by atoms with van der Waals surface area (Å²) in [5.74, 6) is 0.774. The molecule has 1 saturated carbocycles. The van der Waals surface area contributed by atoms with Crippen molar-refractivity contribution in [3.05, 3.63) is 34.3 Å². The minimum Gasteiger partial charge on any atom is -0.357 e. The van der Waals surface area contributed by atoms with Gasteiger partial charge in [0.1, 0.15) is 0 Å². The first-order valence-electron chi connectivity index (χ1n) is 9.10. The van der Waals surface area contributed by atoms with Crippen LogP contribution in [-0.2, 0) is 15.3 Å². The van der Waals surface area contributed by atoms with E-state index in [1.165, 1.54) is 5.56 Å². The van der Waals surface area contributed by atoms with Crippen LogP contribution in [0.4, 0.5) is 0 Å². The number of hydrogen-bond acceptors (Lipinski definition) is 3. The van der Waals surface area contributed by atoms with Gasteiger partial charge in [-0.15, -0.1) is 24.0 Å². The van der Waals surface area contributed by atoms with Crippen LogP contribution in [0.2, 0.25) is 0 Å². The number of benzene rings is 1. The molecule has 0 atom stereocenters. The smallest absolute Gasteiger partial charge is 0.191 e. The maximum absolute atomic E-state index is 12.2. The molecule has 0 bridgehead atoms. The monoisotopic (exact) mass is 571 g/mol. The molecule has 0 aromatic heterocycles. The molecule has 5 nitrogen and oxygen atoms in total. The summed E-state index contributed by atoms with van der Waals surface area (Å²) in [4.78, 5) is 4.72. The summed E-state index contributed by atoms with van der Waals surface area (Å²) < 4.78 is 24.8. The maximum Gasteiger partial charge on any atom is 0.191 e. The molecular weight excluding hydrogens is 541 g/mol. The van der Waals surface area contributed by atoms with Crippen LogP contribution >= 0.6 is 39.9 Å². The fourth-order valence-electron chi connectivity index (χ4n) is 2.69. The van der Waals surface area contributed by atoms with E-state index in [0.29, 0.717) is 19.0 Å². The fourth-order valence-corrected chi connectivity index (χ4v) is 4.07. The predicted molar refractivity (Wildman–Crippen MR) is 128 cm³/mol. The zero-order chi connectivity index (χ0) is 19.4. The van der Waals surface area contributed by atoms with Gasteiger partial charge in [0, 0.05) is 23.0 Å². The van der Waals surface area contributed by atoms with Crippen LogP contribution in [0.25, 0.3) is 0 Å². The molecule has 8 heteroatoms. The van der Waals surface area contributed by atoms with Gasteiger partial charge in [-0.05, 0) is 58.2 Å². The molecule has 0 heterocycles. The fraction of sp³-hybridized carbons (Fsp3) is 0.632. The molecule has 1 fully saturated rings. The highest BCUT2D eigenvalue weighted by molar-refractivity contribution is 14.0. The van der Waals surface area contributed by atoms with Crippen LogP contribution in [0, 0.1) is 0 Å². The van der Waals surface area contributed by atoms with Crippen molar-refractivity contribution in [2.45, 2.75) is 50.7 Å². The third-order valence-corrected chi connectivity index (χ3v) is 7.87. The third-order valence-electron chi connectivity index (χ3n) is 4.77. The standard InChI is InChI=1S/C19H30BrN3O2S.HI/c1-5-21-17(22-11-12-26(24,25)18(2,3)4)23-14-19(9-10-19)15-7-6-8-16(20)13-15;/h6-8,13H,5,9-12,14H2,1-4H3,(H2,21,22,23);1H. The van der Waals surface area contributed by atoms with Crippen molar-refractivity contribution in [1.29, 1.82) is 0 Å². The van der Waals surface area contributed by atoms with Gasteiger partial charge in [0.05, 0.1) is 17.0 Å². The first kappa shape index (κ1) is 24.7. The summed E-state index contributed by atoms with van der Waals surface area (Å²) in [6.07, 6.45) is 2.26. The third kappa shape index (κ3) is 6.88. The lowest BCUT2D eigenvalue weighted by Crippen LogP contribution is -2.42. The highest BCUT2D eigenvalue weighted by Gasteiger charge is 2.44. The van der Waals surface area contributed by atoms with Crippen molar-refractivity contribution in [1.82, 2.24) is 10.6 Å². The van der Waals surface area contributed by atoms with Crippen LogP contribution in [0.3, 0.4) is 0 Å². The van der Waals surface area contributed by atoms with E-state index >= 15 is 0 Å². The van der Waals surface area contributed by atoms with Gasteiger partial charge in [0.25, 0.3) is 0 Å². The summed E-state index contributed by atoms with van der Waals surface area (Å²) in [6.45, 7) is 9.00. The Bertz CT molecular complexity index is 756. The van der Waals surface area contributed by atoms with Crippen LogP contribution in [0.5, 0.6) is 0 Å². The van der Waals surface area contributed by atoms with Crippen molar-refractivity contribution < 1.29 is 8.42 Å². The van der Waals surface area contributed by atoms with E-state index in [9.17, 15) is 8.42 Å². The Balaban J connectivity index is 0.00000364. The average molecular weight is 572 g/mol. The lowest BCUT2D eigenvalue weighted by molar-refractivity contribution is 0.559. The molecule has 0 spiro atoms. The van der Waals surface area contributed by atoms with Gasteiger partial charge in [-0.25, -0.2) is 8.42 Å². The Kier molecular flexibility index (Phi) is 9.06. The lowest BCUT2D eigenvalue weighted by Gasteiger charge is -2.20. The van der Waals surface area contributed by atoms with E-state index in [-0.39, 0.29) is 35.1 Å². The number of nitrogens with one attached hydrogen (secondary N) is 2. The maximum atomic E-state index is 12.2. The van der Waals surface area contributed by atoms with Gasteiger partial charge in [-0.3, -0.25) is 4.99 Å². The van der Waals surface area contributed by atoms with Crippen LogP contribution in [0.1, 0.15) is 46.1 Å². The van der Waals surface area contributed by atoms with Crippen LogP contribution in [-0.4, -0.2) is 44.5 Å². The molecule has 0 radical (unpaired) electrons. The highest BCUT2D eigenvalue weighted by atomic mass is 127. The van der Waals surface area contributed by atoms with E-state index < -0.39 is 14.6 Å². The Morgan fingerprint density at radius 3 is 2.44 bits per heavy atom. The molecule has 1 aliphatic carbocycles. The zero-order valence-corrected chi connectivity index (χ0v) is 21.2. The van der Waals surface area contributed by atoms with E-state index in [1.54, 1.807) is 20.8 Å². The molecule has 0 saturated heterocycles. The molecule has 0 amide bonds. The molecule has 0 unspecified atom stereocenters. The predicted octanol–water partition coefficient (Wildman–Crippen LogP) is 3.87. The highest BCUT2D eigenvalue weighted by Crippen LogP contribution is 2.48. The number of hydrogen-bond donors (Lipinski definition) is 2. The van der Waals surface area contributed by atoms with E-state index in [2.05, 4.69) is 44.8 Å². The number of rotatable bonds is 7. The molecule has 2 N–H and O–H groups in total. The first-order chi connectivity index (χ1) is 12.1. The van der Waals surface area contributed by atoms with Crippen molar-refractivity contribution in [3.63, 3.8) is 0 Å². The van der Waals surface area contributed by atoms with Gasteiger partial charge < -0.3 is 10.6 Å². The van der Waals surface area contributed by atoms with Crippen molar-refractivity contribution in [2.75, 3.05) is 25.4 Å². The molecule has 27 heavy (non-hydrogen) atoms. The number of nitrogens with zero attached hydrogens (tertiary/aromatic N) is 1. The molecule has 1 aromatic rings. The summed E-state index contributed by atoms with van der Waals surface area (Å²) in [5.41, 5.74) is 1.42. The van der Waals surface area contributed by atoms with Crippen LogP contribution in [0.15, 0.2) is 33.7 Å². The second-order valence-electron chi connectivity index (χ2n) is 7.84. The molecule has 154 valence electrons. The Morgan fingerprint density at radius 1 is 1.26 bits per heavy atom. The summed E-state index contributed by atoms with van der Waals surface area (Å²) >= 11 is 3.54. The normalized spacial score (nSPS) is 16.4. The molecule has 0 aliphatic heterocycles. The Labute approximate surface area is 189 Å². The van der Waals surface area contributed by atoms with Crippen molar-refractivity contribution in [3.8, 4) is 0 Å². The lowest BCUT2D eigenvalue weighted by atomic mass is 9.96. The van der Waals surface area contributed by atoms with Gasteiger partial charge in [0.2, 0.25) is 0 Å². The largest absolute Gasteiger partial charge is 0.357 e. The number of guanidine groups is 1. The summed E-state index contributed by atoms with van der Waals surface area (Å²) in [7, 11) is -3.14. The molecule has 1 aromatic carbocycles. The average Bonchev–Trinajstić information content (AvgIpc) is 3.32. The topological polar surface area (TPSA) is 70.6 Å². The van der Waals surface area contributed by atoms with E-state index in [0.717, 1.165) is 23.9 Å². The van der Waals surface area contributed by atoms with E-state index in [1.807, 2.05) is 13.0 Å². The van der Waals surface area contributed by atoms with Crippen LogP contribution < -0.4 is 10.6 Å². The van der Waals surface area contributed by atoms with Crippen molar-refractivity contribution >= 4 is 55.7 Å². The number of aliphatic imine (C=N–C) groups is 1. The second-order valence-corrected chi connectivity index (χ2v) is 11.6. The van der Waals surface area contributed by atoms with Gasteiger partial charge in [0.15, 0.2) is 15.8 Å². The Hall–Kier alpha value is -0.350. The summed E-state index contributed by atoms with van der Waals surface area (Å²) in [6, 6.07) is 8.41. The van der Waals surface area contributed by atoms with E-state index in [4.69, 9.17) is 4.99 Å². The van der Waals surface area contributed by atoms with Gasteiger partial charge >= 0.3 is 0 Å². The minimum atomic E-state index is -3.14. The first-order valence-corrected chi connectivity index (χ1v) is 11.5. The van der Waals surface area contributed by atoms with Gasteiger partial charge in [-0.1, -0.05) is 28.1 Å². The number of sulfone groups is 1. The molecule has 2 rings (SSSR count). The quantitative estimate of drug-likeness (QED) is 0.296. The van der Waals surface area contributed by atoms with Gasteiger partial charge in [-0.2, -0.15) is 0 Å². The molecule has 1 aliphatic rings. The number of halogens is 2.